The van der Waals surface area contributed by atoms with E-state index in [2.05, 4.69) is 29.5 Å². The van der Waals surface area contributed by atoms with Gasteiger partial charge in [-0.1, -0.05) is 6.92 Å². The van der Waals surface area contributed by atoms with Gasteiger partial charge in [-0.05, 0) is 32.7 Å². The third kappa shape index (κ3) is 2.62. The van der Waals surface area contributed by atoms with Gasteiger partial charge in [0.05, 0.1) is 5.69 Å². The Bertz CT molecular complexity index is 332. The van der Waals surface area contributed by atoms with Crippen molar-refractivity contribution in [1.29, 1.82) is 0 Å². The summed E-state index contributed by atoms with van der Waals surface area (Å²) >= 11 is 1.73. The van der Waals surface area contributed by atoms with Gasteiger partial charge in [-0.25, -0.2) is 4.98 Å². The highest BCUT2D eigenvalue weighted by Crippen LogP contribution is 2.36. The Morgan fingerprint density at radius 2 is 2.44 bits per heavy atom. The number of hydrogen-bond donors (Lipinski definition) is 1. The highest BCUT2D eigenvalue weighted by molar-refractivity contribution is 7.09. The van der Waals surface area contributed by atoms with E-state index in [1.807, 2.05) is 0 Å². The van der Waals surface area contributed by atoms with Crippen molar-refractivity contribution < 1.29 is 4.74 Å². The predicted molar refractivity (Wildman–Crippen MR) is 66.6 cm³/mol. The van der Waals surface area contributed by atoms with Gasteiger partial charge in [-0.15, -0.1) is 11.3 Å². The molecule has 1 aromatic heterocycles. The number of hydrogen-bond acceptors (Lipinski definition) is 4. The summed E-state index contributed by atoms with van der Waals surface area (Å²) in [6, 6.07) is 0. The van der Waals surface area contributed by atoms with Crippen molar-refractivity contribution in [2.24, 2.45) is 0 Å². The number of aromatic nitrogens is 1. The maximum Gasteiger partial charge on any atom is 0.125 e. The fraction of sp³-hybridized carbons (Fsp3) is 0.750. The van der Waals surface area contributed by atoms with Crippen LogP contribution >= 0.6 is 11.3 Å². The molecular formula is C12H20N2OS. The van der Waals surface area contributed by atoms with E-state index in [1.165, 1.54) is 12.8 Å². The fourth-order valence-electron chi connectivity index (χ4n) is 1.99. The third-order valence-electron chi connectivity index (χ3n) is 3.03. The highest BCUT2D eigenvalue weighted by Gasteiger charge is 2.32. The molecule has 1 N–H and O–H groups in total. The molecule has 2 rings (SSSR count). The molecule has 1 aliphatic rings. The number of nitrogens with zero attached hydrogens (tertiary/aromatic N) is 1. The minimum atomic E-state index is -0.132. The monoisotopic (exact) mass is 240 g/mol. The summed E-state index contributed by atoms with van der Waals surface area (Å²) in [5.74, 6) is 0. The van der Waals surface area contributed by atoms with Gasteiger partial charge in [-0.3, -0.25) is 0 Å². The summed E-state index contributed by atoms with van der Waals surface area (Å²) in [7, 11) is 0. The maximum absolute atomic E-state index is 5.90. The Balaban J connectivity index is 2.05. The van der Waals surface area contributed by atoms with E-state index in [0.717, 1.165) is 36.8 Å². The third-order valence-corrected chi connectivity index (χ3v) is 4.17. The summed E-state index contributed by atoms with van der Waals surface area (Å²) in [6.07, 6.45) is 3.53. The molecule has 0 radical (unpaired) electrons. The highest BCUT2D eigenvalue weighted by atomic mass is 32.1. The Hall–Kier alpha value is -0.450. The lowest BCUT2D eigenvalue weighted by Crippen LogP contribution is -2.30. The van der Waals surface area contributed by atoms with Crippen molar-refractivity contribution in [1.82, 2.24) is 10.3 Å². The average molecular weight is 240 g/mol. The quantitative estimate of drug-likeness (QED) is 0.878. The Labute approximate surface area is 101 Å². The molecule has 1 aromatic rings. The molecule has 1 aliphatic heterocycles. The van der Waals surface area contributed by atoms with Crippen LogP contribution in [-0.2, 0) is 16.9 Å². The Kier molecular flexibility index (Phi) is 3.95. The van der Waals surface area contributed by atoms with Crippen molar-refractivity contribution in [2.45, 2.75) is 45.3 Å². The molecular weight excluding hydrogens is 220 g/mol. The summed E-state index contributed by atoms with van der Waals surface area (Å²) < 4.78 is 5.90. The molecule has 0 saturated carbocycles. The second-order valence-electron chi connectivity index (χ2n) is 4.46. The van der Waals surface area contributed by atoms with E-state index >= 15 is 0 Å². The topological polar surface area (TPSA) is 34.1 Å². The van der Waals surface area contributed by atoms with Crippen LogP contribution in [0.4, 0.5) is 0 Å². The normalized spacial score (nSPS) is 25.9. The summed E-state index contributed by atoms with van der Waals surface area (Å²) in [5.41, 5.74) is 1.00. The first-order valence-corrected chi connectivity index (χ1v) is 6.92. The molecule has 0 amide bonds. The van der Waals surface area contributed by atoms with Crippen LogP contribution in [-0.4, -0.2) is 18.1 Å². The minimum Gasteiger partial charge on any atom is -0.368 e. The zero-order valence-corrected chi connectivity index (χ0v) is 10.9. The molecule has 3 nitrogen and oxygen atoms in total. The first-order valence-electron chi connectivity index (χ1n) is 6.04. The number of rotatable bonds is 4. The van der Waals surface area contributed by atoms with Crippen LogP contribution in [0.25, 0.3) is 0 Å². The molecule has 0 spiro atoms. The maximum atomic E-state index is 5.90. The Morgan fingerprint density at radius 1 is 1.56 bits per heavy atom. The van der Waals surface area contributed by atoms with E-state index in [9.17, 15) is 0 Å². The van der Waals surface area contributed by atoms with Gasteiger partial charge < -0.3 is 10.1 Å². The number of ether oxygens (including phenoxy) is 1. The molecule has 1 saturated heterocycles. The van der Waals surface area contributed by atoms with Crippen molar-refractivity contribution in [3.63, 3.8) is 0 Å². The van der Waals surface area contributed by atoms with Crippen molar-refractivity contribution in [3.8, 4) is 0 Å². The molecule has 1 atom stereocenters. The average Bonchev–Trinajstić information content (AvgIpc) is 2.77. The molecule has 90 valence electrons. The van der Waals surface area contributed by atoms with E-state index in [-0.39, 0.29) is 5.60 Å². The molecule has 0 bridgehead atoms. The van der Waals surface area contributed by atoms with Crippen molar-refractivity contribution >= 4 is 11.3 Å². The first-order chi connectivity index (χ1) is 7.74. The van der Waals surface area contributed by atoms with E-state index in [4.69, 9.17) is 4.74 Å². The minimum absolute atomic E-state index is 0.132. The van der Waals surface area contributed by atoms with E-state index in [0.29, 0.717) is 0 Å². The van der Waals surface area contributed by atoms with Crippen LogP contribution in [0.2, 0.25) is 0 Å². The molecule has 1 unspecified atom stereocenters. The van der Waals surface area contributed by atoms with Crippen LogP contribution < -0.4 is 5.32 Å². The van der Waals surface area contributed by atoms with Crippen molar-refractivity contribution in [3.05, 3.63) is 16.1 Å². The van der Waals surface area contributed by atoms with Crippen LogP contribution in [0.5, 0.6) is 0 Å². The second-order valence-corrected chi connectivity index (χ2v) is 5.32. The van der Waals surface area contributed by atoms with Gasteiger partial charge in [0.25, 0.3) is 0 Å². The molecule has 4 heteroatoms. The lowest BCUT2D eigenvalue weighted by Gasteiger charge is -2.31. The van der Waals surface area contributed by atoms with Crippen LogP contribution in [0.1, 0.15) is 43.8 Å². The predicted octanol–water partition coefficient (Wildman–Crippen LogP) is 2.67. The number of nitrogens with one attached hydrogen (secondary N) is 1. The lowest BCUT2D eigenvalue weighted by molar-refractivity contribution is -0.0702. The van der Waals surface area contributed by atoms with Crippen LogP contribution in [0.3, 0.4) is 0 Å². The largest absolute Gasteiger partial charge is 0.368 e. The van der Waals surface area contributed by atoms with Crippen LogP contribution in [0.15, 0.2) is 5.38 Å². The van der Waals surface area contributed by atoms with Gasteiger partial charge >= 0.3 is 0 Å². The van der Waals surface area contributed by atoms with Gasteiger partial charge in [0, 0.05) is 18.5 Å². The Morgan fingerprint density at radius 3 is 3.12 bits per heavy atom. The van der Waals surface area contributed by atoms with Gasteiger partial charge in [0.2, 0.25) is 0 Å². The van der Waals surface area contributed by atoms with E-state index < -0.39 is 0 Å². The zero-order valence-electron chi connectivity index (χ0n) is 10.1. The van der Waals surface area contributed by atoms with Gasteiger partial charge in [0.15, 0.2) is 0 Å². The molecule has 2 heterocycles. The molecule has 0 aliphatic carbocycles. The van der Waals surface area contributed by atoms with E-state index in [1.54, 1.807) is 11.3 Å². The summed E-state index contributed by atoms with van der Waals surface area (Å²) in [6.45, 7) is 7.00. The molecule has 0 aromatic carbocycles. The molecule has 1 fully saturated rings. The zero-order chi connectivity index (χ0) is 11.4. The summed E-state index contributed by atoms with van der Waals surface area (Å²) in [5, 5.41) is 6.58. The van der Waals surface area contributed by atoms with Gasteiger partial charge in [0.1, 0.15) is 10.6 Å². The smallest absolute Gasteiger partial charge is 0.125 e. The van der Waals surface area contributed by atoms with Crippen LogP contribution in [0, 0.1) is 0 Å². The number of thiazole rings is 1. The van der Waals surface area contributed by atoms with Crippen molar-refractivity contribution in [2.75, 3.05) is 13.2 Å². The summed E-state index contributed by atoms with van der Waals surface area (Å²) in [4.78, 5) is 4.67. The first kappa shape index (κ1) is 12.0. The standard InChI is InChI=1S/C12H20N2OS/c1-3-13-8-10-9-16-11(14-10)12(2)6-4-5-7-15-12/h9,13H,3-8H2,1-2H3. The SMILES string of the molecule is CCNCc1csc(C2(C)CCCCO2)n1. The molecule has 16 heavy (non-hydrogen) atoms. The second kappa shape index (κ2) is 5.25. The van der Waals surface area contributed by atoms with Gasteiger partial charge in [-0.2, -0.15) is 0 Å². The lowest BCUT2D eigenvalue weighted by atomic mass is 9.97. The fourth-order valence-corrected chi connectivity index (χ4v) is 2.95.